The van der Waals surface area contributed by atoms with E-state index in [0.29, 0.717) is 29.9 Å². The molecule has 1 saturated heterocycles. The minimum atomic E-state index is -3.28. The summed E-state index contributed by atoms with van der Waals surface area (Å²) in [6, 6.07) is 12.5. The summed E-state index contributed by atoms with van der Waals surface area (Å²) < 4.78 is 29.8. The molecule has 0 bridgehead atoms. The van der Waals surface area contributed by atoms with E-state index >= 15 is 0 Å². The zero-order valence-corrected chi connectivity index (χ0v) is 17.1. The Hall–Kier alpha value is -3.40. The van der Waals surface area contributed by atoms with Crippen LogP contribution < -0.4 is 14.9 Å². The summed E-state index contributed by atoms with van der Waals surface area (Å²) in [6.07, 6.45) is 0.577. The van der Waals surface area contributed by atoms with Gasteiger partial charge in [0, 0.05) is 23.4 Å². The van der Waals surface area contributed by atoms with Gasteiger partial charge in [-0.25, -0.2) is 8.42 Å². The standard InChI is InChI=1S/C20H21N3O6S/c1-29-18(24)13-21-19(25)15-4-2-5-16(12-15)22-20(26)14-6-8-17(9-7-14)23-10-3-11-30(23,27)28/h2,4-9,12H,3,10-11,13H2,1H3,(H,21,25)(H,22,26). The molecule has 0 unspecified atom stereocenters. The Morgan fingerprint density at radius 2 is 1.77 bits per heavy atom. The molecule has 2 amide bonds. The fourth-order valence-electron chi connectivity index (χ4n) is 2.98. The Morgan fingerprint density at radius 1 is 1.03 bits per heavy atom. The van der Waals surface area contributed by atoms with E-state index in [0.717, 1.165) is 0 Å². The molecule has 158 valence electrons. The molecule has 1 aliphatic rings. The van der Waals surface area contributed by atoms with E-state index < -0.39 is 27.8 Å². The van der Waals surface area contributed by atoms with Crippen molar-refractivity contribution in [2.75, 3.05) is 35.6 Å². The van der Waals surface area contributed by atoms with Crippen molar-refractivity contribution in [1.82, 2.24) is 5.32 Å². The summed E-state index contributed by atoms with van der Waals surface area (Å²) in [6.45, 7) is 0.170. The second kappa shape index (κ2) is 8.95. The van der Waals surface area contributed by atoms with Crippen LogP contribution in [0, 0.1) is 0 Å². The third kappa shape index (κ3) is 4.95. The number of hydrogen-bond acceptors (Lipinski definition) is 6. The van der Waals surface area contributed by atoms with Gasteiger partial charge >= 0.3 is 5.97 Å². The van der Waals surface area contributed by atoms with E-state index in [1.54, 1.807) is 42.5 Å². The Kier molecular flexibility index (Phi) is 6.36. The first kappa shape index (κ1) is 21.3. The number of rotatable bonds is 6. The number of hydrogen-bond donors (Lipinski definition) is 2. The van der Waals surface area contributed by atoms with E-state index in [4.69, 9.17) is 0 Å². The van der Waals surface area contributed by atoms with Crippen LogP contribution >= 0.6 is 0 Å². The largest absolute Gasteiger partial charge is 0.468 e. The molecule has 0 spiro atoms. The number of amides is 2. The molecule has 2 aromatic rings. The van der Waals surface area contributed by atoms with Crippen LogP contribution in [-0.2, 0) is 19.6 Å². The molecule has 3 rings (SSSR count). The SMILES string of the molecule is COC(=O)CNC(=O)c1cccc(NC(=O)c2ccc(N3CCCS3(=O)=O)cc2)c1. The van der Waals surface area contributed by atoms with Crippen molar-refractivity contribution in [2.45, 2.75) is 6.42 Å². The highest BCUT2D eigenvalue weighted by molar-refractivity contribution is 7.93. The fraction of sp³-hybridized carbons (Fsp3) is 0.250. The van der Waals surface area contributed by atoms with Crippen molar-refractivity contribution in [3.63, 3.8) is 0 Å². The summed E-state index contributed by atoms with van der Waals surface area (Å²) in [5.41, 5.74) is 1.53. The molecule has 0 radical (unpaired) electrons. The Morgan fingerprint density at radius 3 is 2.40 bits per heavy atom. The maximum Gasteiger partial charge on any atom is 0.325 e. The maximum atomic E-state index is 12.5. The van der Waals surface area contributed by atoms with Crippen LogP contribution in [0.15, 0.2) is 48.5 Å². The number of carbonyl (C=O) groups excluding carboxylic acids is 3. The van der Waals surface area contributed by atoms with E-state index in [-0.39, 0.29) is 17.9 Å². The zero-order chi connectivity index (χ0) is 21.7. The lowest BCUT2D eigenvalue weighted by Gasteiger charge is -2.17. The Labute approximate surface area is 174 Å². The van der Waals surface area contributed by atoms with Crippen LogP contribution in [-0.4, -0.2) is 52.2 Å². The second-order valence-corrected chi connectivity index (χ2v) is 8.60. The third-order valence-electron chi connectivity index (χ3n) is 4.52. The number of ether oxygens (including phenoxy) is 1. The van der Waals surface area contributed by atoms with Crippen molar-refractivity contribution < 1.29 is 27.5 Å². The highest BCUT2D eigenvalue weighted by Gasteiger charge is 2.28. The molecule has 0 aromatic heterocycles. The van der Waals surface area contributed by atoms with Gasteiger partial charge in [0.15, 0.2) is 0 Å². The maximum absolute atomic E-state index is 12.5. The van der Waals surface area contributed by atoms with Gasteiger partial charge in [-0.1, -0.05) is 6.07 Å². The molecule has 9 nitrogen and oxygen atoms in total. The quantitative estimate of drug-likeness (QED) is 0.667. The molecule has 0 aliphatic carbocycles. The van der Waals surface area contributed by atoms with Crippen LogP contribution in [0.25, 0.3) is 0 Å². The summed E-state index contributed by atoms with van der Waals surface area (Å²) in [7, 11) is -2.06. The van der Waals surface area contributed by atoms with Gasteiger partial charge < -0.3 is 15.4 Å². The molecule has 1 aliphatic heterocycles. The molecule has 0 atom stereocenters. The van der Waals surface area contributed by atoms with Gasteiger partial charge in [0.2, 0.25) is 10.0 Å². The van der Waals surface area contributed by atoms with Gasteiger partial charge in [0.1, 0.15) is 6.54 Å². The predicted molar refractivity (Wildman–Crippen MR) is 111 cm³/mol. The predicted octanol–water partition coefficient (Wildman–Crippen LogP) is 1.38. The normalized spacial score (nSPS) is 14.8. The number of carbonyl (C=O) groups is 3. The lowest BCUT2D eigenvalue weighted by atomic mass is 10.1. The number of esters is 1. The lowest BCUT2D eigenvalue weighted by Crippen LogP contribution is -2.30. The summed E-state index contributed by atoms with van der Waals surface area (Å²) in [5, 5.41) is 5.11. The van der Waals surface area contributed by atoms with Crippen LogP contribution in [0.1, 0.15) is 27.1 Å². The van der Waals surface area contributed by atoms with Crippen molar-refractivity contribution >= 4 is 39.2 Å². The first-order valence-corrected chi connectivity index (χ1v) is 10.8. The van der Waals surface area contributed by atoms with Crippen LogP contribution in [0.5, 0.6) is 0 Å². The Balaban J connectivity index is 1.66. The van der Waals surface area contributed by atoms with Crippen LogP contribution in [0.2, 0.25) is 0 Å². The topological polar surface area (TPSA) is 122 Å². The average Bonchev–Trinajstić information content (AvgIpc) is 3.10. The van der Waals surface area contributed by atoms with E-state index in [1.165, 1.54) is 17.5 Å². The van der Waals surface area contributed by atoms with Crippen molar-refractivity contribution in [2.24, 2.45) is 0 Å². The number of benzene rings is 2. The molecule has 1 heterocycles. The smallest absolute Gasteiger partial charge is 0.325 e. The van der Waals surface area contributed by atoms with Gasteiger partial charge in [-0.15, -0.1) is 0 Å². The van der Waals surface area contributed by atoms with E-state index in [1.807, 2.05) is 0 Å². The van der Waals surface area contributed by atoms with Crippen molar-refractivity contribution in [3.05, 3.63) is 59.7 Å². The van der Waals surface area contributed by atoms with Gasteiger partial charge in [-0.3, -0.25) is 18.7 Å². The summed E-state index contributed by atoms with van der Waals surface area (Å²) in [5.74, 6) is -1.33. The molecule has 2 N–H and O–H groups in total. The molecular formula is C20H21N3O6S. The third-order valence-corrected chi connectivity index (χ3v) is 6.39. The number of nitrogens with one attached hydrogen (secondary N) is 2. The van der Waals surface area contributed by atoms with Gasteiger partial charge in [0.25, 0.3) is 11.8 Å². The van der Waals surface area contributed by atoms with Crippen molar-refractivity contribution in [3.8, 4) is 0 Å². The highest BCUT2D eigenvalue weighted by atomic mass is 32.2. The molecule has 10 heteroatoms. The molecule has 0 saturated carbocycles. The molecule has 30 heavy (non-hydrogen) atoms. The highest BCUT2D eigenvalue weighted by Crippen LogP contribution is 2.24. The number of methoxy groups -OCH3 is 1. The first-order valence-electron chi connectivity index (χ1n) is 9.17. The average molecular weight is 431 g/mol. The fourth-order valence-corrected chi connectivity index (χ4v) is 4.54. The minimum Gasteiger partial charge on any atom is -0.468 e. The van der Waals surface area contributed by atoms with Gasteiger partial charge in [0.05, 0.1) is 18.6 Å². The second-order valence-electron chi connectivity index (χ2n) is 6.58. The number of nitrogens with zero attached hydrogens (tertiary/aromatic N) is 1. The van der Waals surface area contributed by atoms with Gasteiger partial charge in [-0.05, 0) is 48.9 Å². The number of sulfonamides is 1. The van der Waals surface area contributed by atoms with E-state index in [2.05, 4.69) is 15.4 Å². The first-order chi connectivity index (χ1) is 14.3. The minimum absolute atomic E-state index is 0.124. The monoisotopic (exact) mass is 431 g/mol. The van der Waals surface area contributed by atoms with Crippen molar-refractivity contribution in [1.29, 1.82) is 0 Å². The summed E-state index contributed by atoms with van der Waals surface area (Å²) >= 11 is 0. The Bertz CT molecular complexity index is 1070. The summed E-state index contributed by atoms with van der Waals surface area (Å²) in [4.78, 5) is 35.7. The lowest BCUT2D eigenvalue weighted by molar-refractivity contribution is -0.139. The van der Waals surface area contributed by atoms with Crippen LogP contribution in [0.4, 0.5) is 11.4 Å². The van der Waals surface area contributed by atoms with Gasteiger partial charge in [-0.2, -0.15) is 0 Å². The number of anilines is 2. The zero-order valence-electron chi connectivity index (χ0n) is 16.3. The molecule has 2 aromatic carbocycles. The van der Waals surface area contributed by atoms with E-state index in [9.17, 15) is 22.8 Å². The van der Waals surface area contributed by atoms with Crippen LogP contribution in [0.3, 0.4) is 0 Å². The molecule has 1 fully saturated rings. The molecular weight excluding hydrogens is 410 g/mol.